The van der Waals surface area contributed by atoms with Crippen LogP contribution in [0.15, 0.2) is 24.3 Å². The second-order valence-electron chi connectivity index (χ2n) is 9.71. The first-order valence-corrected chi connectivity index (χ1v) is 13.7. The Morgan fingerprint density at radius 1 is 1.19 bits per heavy atom. The molecule has 32 heavy (non-hydrogen) atoms. The van der Waals surface area contributed by atoms with E-state index in [-0.39, 0.29) is 17.8 Å². The molecule has 0 bridgehead atoms. The predicted octanol–water partition coefficient (Wildman–Crippen LogP) is 3.46. The number of hydrogen-bond donors (Lipinski definition) is 0. The number of amides is 1. The third kappa shape index (κ3) is 4.33. The fourth-order valence-electron chi connectivity index (χ4n) is 6.21. The number of halogens is 1. The van der Waals surface area contributed by atoms with Crippen molar-refractivity contribution in [2.45, 2.75) is 75.3 Å². The summed E-state index contributed by atoms with van der Waals surface area (Å²) >= 11 is 0. The molecular weight excluding hydrogens is 431 g/mol. The summed E-state index contributed by atoms with van der Waals surface area (Å²) in [6, 6.07) is 6.64. The number of benzene rings is 1. The van der Waals surface area contributed by atoms with Crippen LogP contribution in [0.2, 0.25) is 0 Å². The Morgan fingerprint density at radius 2 is 1.84 bits per heavy atom. The van der Waals surface area contributed by atoms with Gasteiger partial charge in [-0.2, -0.15) is 4.31 Å². The first-order chi connectivity index (χ1) is 15.2. The number of carbonyl (C=O) groups is 1. The van der Waals surface area contributed by atoms with Crippen LogP contribution in [0.4, 0.5) is 4.39 Å². The average Bonchev–Trinajstić information content (AvgIpc) is 3.25. The van der Waals surface area contributed by atoms with Gasteiger partial charge in [0.1, 0.15) is 5.82 Å². The maximum atomic E-state index is 14.7. The van der Waals surface area contributed by atoms with Crippen molar-refractivity contribution >= 4 is 15.9 Å². The van der Waals surface area contributed by atoms with Crippen molar-refractivity contribution in [3.63, 3.8) is 0 Å². The monoisotopic (exact) mass is 466 g/mol. The van der Waals surface area contributed by atoms with Crippen molar-refractivity contribution < 1.29 is 22.3 Å². The summed E-state index contributed by atoms with van der Waals surface area (Å²) in [5, 5.41) is 0. The minimum atomic E-state index is -3.27. The molecule has 1 spiro atoms. The van der Waals surface area contributed by atoms with Gasteiger partial charge in [-0.15, -0.1) is 0 Å². The van der Waals surface area contributed by atoms with Gasteiger partial charge in [-0.05, 0) is 44.6 Å². The zero-order valence-electron chi connectivity index (χ0n) is 19.2. The van der Waals surface area contributed by atoms with Gasteiger partial charge in [-0.25, -0.2) is 12.8 Å². The van der Waals surface area contributed by atoms with Gasteiger partial charge >= 0.3 is 0 Å². The molecule has 2 heterocycles. The SMILES string of the molecule is CCN(C1CCOC2(CCN(C(=O)C3(c4ccccc4F)CCCC3)CC2)C1)S(C)(=O)=O. The van der Waals surface area contributed by atoms with Crippen LogP contribution in [-0.4, -0.2) is 67.7 Å². The molecule has 1 saturated carbocycles. The lowest BCUT2D eigenvalue weighted by Crippen LogP contribution is -2.57. The van der Waals surface area contributed by atoms with Gasteiger partial charge < -0.3 is 9.64 Å². The highest BCUT2D eigenvalue weighted by Crippen LogP contribution is 2.45. The van der Waals surface area contributed by atoms with Gasteiger partial charge in [0.25, 0.3) is 0 Å². The molecule has 8 heteroatoms. The van der Waals surface area contributed by atoms with E-state index in [4.69, 9.17) is 4.74 Å². The zero-order chi connectivity index (χ0) is 23.0. The van der Waals surface area contributed by atoms with E-state index in [0.717, 1.165) is 12.8 Å². The van der Waals surface area contributed by atoms with Crippen molar-refractivity contribution in [1.82, 2.24) is 9.21 Å². The summed E-state index contributed by atoms with van der Waals surface area (Å²) in [6.07, 6.45) is 7.23. The molecule has 0 radical (unpaired) electrons. The summed E-state index contributed by atoms with van der Waals surface area (Å²) in [7, 11) is -3.27. The number of hydrogen-bond acceptors (Lipinski definition) is 4. The largest absolute Gasteiger partial charge is 0.375 e. The first kappa shape index (κ1) is 23.6. The van der Waals surface area contributed by atoms with Crippen molar-refractivity contribution in [2.24, 2.45) is 0 Å². The summed E-state index contributed by atoms with van der Waals surface area (Å²) < 4.78 is 46.9. The van der Waals surface area contributed by atoms with Crippen molar-refractivity contribution in [1.29, 1.82) is 0 Å². The molecule has 1 unspecified atom stereocenters. The van der Waals surface area contributed by atoms with Crippen LogP contribution in [0, 0.1) is 5.82 Å². The number of likely N-dealkylation sites (tertiary alicyclic amines) is 1. The van der Waals surface area contributed by atoms with E-state index < -0.39 is 21.0 Å². The van der Waals surface area contributed by atoms with E-state index in [1.807, 2.05) is 17.9 Å². The normalized spacial score (nSPS) is 25.4. The maximum Gasteiger partial charge on any atom is 0.233 e. The highest BCUT2D eigenvalue weighted by atomic mass is 32.2. The summed E-state index contributed by atoms with van der Waals surface area (Å²) in [5.74, 6) is -0.260. The van der Waals surface area contributed by atoms with Gasteiger partial charge in [-0.1, -0.05) is 38.0 Å². The van der Waals surface area contributed by atoms with Crippen LogP contribution in [0.5, 0.6) is 0 Å². The van der Waals surface area contributed by atoms with E-state index in [2.05, 4.69) is 0 Å². The predicted molar refractivity (Wildman–Crippen MR) is 121 cm³/mol. The molecule has 3 fully saturated rings. The standard InChI is InChI=1S/C24H35FN2O4S/c1-3-27(32(2,29)30)19-10-17-31-23(18-19)13-15-26(16-14-23)22(28)24(11-6-7-12-24)20-8-4-5-9-21(20)25/h4-5,8-9,19H,3,6-7,10-18H2,1-2H3. The number of nitrogens with zero attached hydrogens (tertiary/aromatic N) is 2. The Hall–Kier alpha value is -1.51. The number of rotatable bonds is 5. The van der Waals surface area contributed by atoms with E-state index in [0.29, 0.717) is 70.3 Å². The molecule has 0 N–H and O–H groups in total. The molecule has 1 amide bonds. The van der Waals surface area contributed by atoms with E-state index >= 15 is 0 Å². The van der Waals surface area contributed by atoms with Crippen molar-refractivity contribution in [2.75, 3.05) is 32.5 Å². The molecule has 178 valence electrons. The Bertz CT molecular complexity index is 937. The molecule has 1 aromatic carbocycles. The second-order valence-corrected chi connectivity index (χ2v) is 11.6. The van der Waals surface area contributed by atoms with Crippen molar-refractivity contribution in [3.05, 3.63) is 35.6 Å². The zero-order valence-corrected chi connectivity index (χ0v) is 20.0. The topological polar surface area (TPSA) is 66.9 Å². The van der Waals surface area contributed by atoms with Gasteiger partial charge in [0.05, 0.1) is 17.3 Å². The first-order valence-electron chi connectivity index (χ1n) is 11.9. The molecule has 4 rings (SSSR count). The lowest BCUT2D eigenvalue weighted by molar-refractivity contribution is -0.151. The molecule has 2 saturated heterocycles. The highest BCUT2D eigenvalue weighted by molar-refractivity contribution is 7.88. The molecule has 3 aliphatic rings. The fraction of sp³-hybridized carbons (Fsp3) is 0.708. The molecule has 1 aliphatic carbocycles. The van der Waals surface area contributed by atoms with Crippen molar-refractivity contribution in [3.8, 4) is 0 Å². The third-order valence-electron chi connectivity index (χ3n) is 7.83. The molecular formula is C24H35FN2O4S. The van der Waals surface area contributed by atoms with Crippen LogP contribution in [-0.2, 0) is 25.0 Å². The molecule has 6 nitrogen and oxygen atoms in total. The van der Waals surface area contributed by atoms with Gasteiger partial charge in [-0.3, -0.25) is 4.79 Å². The lowest BCUT2D eigenvalue weighted by Gasteiger charge is -2.49. The van der Waals surface area contributed by atoms with Crippen LogP contribution >= 0.6 is 0 Å². The Morgan fingerprint density at radius 3 is 2.44 bits per heavy atom. The number of carbonyl (C=O) groups excluding carboxylic acids is 1. The summed E-state index contributed by atoms with van der Waals surface area (Å²) in [4.78, 5) is 15.6. The fourth-order valence-corrected chi connectivity index (χ4v) is 7.40. The Labute approximate surface area is 191 Å². The number of sulfonamides is 1. The Kier molecular flexibility index (Phi) is 6.67. The van der Waals surface area contributed by atoms with E-state index in [1.54, 1.807) is 16.4 Å². The van der Waals surface area contributed by atoms with E-state index in [9.17, 15) is 17.6 Å². The molecule has 0 aromatic heterocycles. The van der Waals surface area contributed by atoms with Crippen LogP contribution in [0.1, 0.15) is 63.9 Å². The third-order valence-corrected chi connectivity index (χ3v) is 9.24. The van der Waals surface area contributed by atoms with E-state index in [1.165, 1.54) is 12.3 Å². The minimum absolute atomic E-state index is 0.0358. The average molecular weight is 467 g/mol. The molecule has 1 atom stereocenters. The molecule has 2 aliphatic heterocycles. The Balaban J connectivity index is 1.48. The van der Waals surface area contributed by atoms with Crippen LogP contribution in [0.25, 0.3) is 0 Å². The molecule has 1 aromatic rings. The number of piperidine rings is 1. The quantitative estimate of drug-likeness (QED) is 0.667. The second kappa shape index (κ2) is 9.03. The minimum Gasteiger partial charge on any atom is -0.375 e. The smallest absolute Gasteiger partial charge is 0.233 e. The highest BCUT2D eigenvalue weighted by Gasteiger charge is 2.49. The van der Waals surface area contributed by atoms with Crippen LogP contribution in [0.3, 0.4) is 0 Å². The van der Waals surface area contributed by atoms with Gasteiger partial charge in [0.2, 0.25) is 15.9 Å². The lowest BCUT2D eigenvalue weighted by atomic mass is 9.76. The van der Waals surface area contributed by atoms with Crippen LogP contribution < -0.4 is 0 Å². The van der Waals surface area contributed by atoms with Gasteiger partial charge in [0.15, 0.2) is 0 Å². The summed E-state index contributed by atoms with van der Waals surface area (Å²) in [5.41, 5.74) is -0.622. The maximum absolute atomic E-state index is 14.7. The van der Waals surface area contributed by atoms with Gasteiger partial charge in [0, 0.05) is 37.8 Å². The number of ether oxygens (including phenoxy) is 1. The summed E-state index contributed by atoms with van der Waals surface area (Å²) in [6.45, 7) is 3.98.